The molecule has 0 spiro atoms. The van der Waals surface area contributed by atoms with E-state index in [1.807, 2.05) is 37.3 Å². The van der Waals surface area contributed by atoms with E-state index in [9.17, 15) is 0 Å². The Labute approximate surface area is 112 Å². The molecule has 0 fully saturated rings. The Balaban J connectivity index is 2.24. The molecule has 0 aliphatic carbocycles. The Bertz CT molecular complexity index is 543. The summed E-state index contributed by atoms with van der Waals surface area (Å²) in [6, 6.07) is 9.82. The van der Waals surface area contributed by atoms with Crippen molar-refractivity contribution in [3.8, 4) is 5.75 Å². The van der Waals surface area contributed by atoms with Crippen LogP contribution in [0.3, 0.4) is 0 Å². The first-order valence-electron chi connectivity index (χ1n) is 5.73. The molecule has 94 valence electrons. The fraction of sp³-hybridized carbons (Fsp3) is 0.286. The van der Waals surface area contributed by atoms with Crippen LogP contribution in [0.5, 0.6) is 5.75 Å². The molecule has 2 aromatic rings. The largest absolute Gasteiger partial charge is 0.497 e. The van der Waals surface area contributed by atoms with Gasteiger partial charge in [-0.3, -0.25) is 0 Å². The summed E-state index contributed by atoms with van der Waals surface area (Å²) in [5, 5.41) is 0. The monoisotopic (exact) mass is 262 g/mol. The van der Waals surface area contributed by atoms with Crippen LogP contribution >= 0.6 is 11.6 Å². The summed E-state index contributed by atoms with van der Waals surface area (Å²) in [6.07, 6.45) is 0.683. The van der Waals surface area contributed by atoms with Crippen molar-refractivity contribution in [2.75, 3.05) is 7.11 Å². The van der Waals surface area contributed by atoms with Gasteiger partial charge in [-0.2, -0.15) is 0 Å². The average Bonchev–Trinajstić information content (AvgIpc) is 2.38. The van der Waals surface area contributed by atoms with Crippen molar-refractivity contribution in [1.82, 2.24) is 9.97 Å². The van der Waals surface area contributed by atoms with Crippen LogP contribution in [0.25, 0.3) is 0 Å². The van der Waals surface area contributed by atoms with Crippen molar-refractivity contribution in [2.24, 2.45) is 0 Å². The van der Waals surface area contributed by atoms with Gasteiger partial charge in [0, 0.05) is 12.1 Å². The normalized spacial score (nSPS) is 10.4. The molecule has 0 unspecified atom stereocenters. The molecular weight excluding hydrogens is 248 g/mol. The summed E-state index contributed by atoms with van der Waals surface area (Å²) in [6.45, 7) is 1.95. The number of benzene rings is 1. The van der Waals surface area contributed by atoms with E-state index in [4.69, 9.17) is 16.3 Å². The SMILES string of the molecule is COc1cccc(Cc2nc(C)cc(CCl)n2)c1. The third-order valence-corrected chi connectivity index (χ3v) is 2.86. The van der Waals surface area contributed by atoms with E-state index in [0.29, 0.717) is 12.3 Å². The van der Waals surface area contributed by atoms with E-state index in [1.165, 1.54) is 0 Å². The lowest BCUT2D eigenvalue weighted by Crippen LogP contribution is -2.01. The summed E-state index contributed by atoms with van der Waals surface area (Å²) in [7, 11) is 1.66. The Morgan fingerprint density at radius 1 is 1.22 bits per heavy atom. The third-order valence-electron chi connectivity index (χ3n) is 2.59. The lowest BCUT2D eigenvalue weighted by Gasteiger charge is -2.06. The van der Waals surface area contributed by atoms with Crippen LogP contribution in [0.1, 0.15) is 22.8 Å². The zero-order valence-electron chi connectivity index (χ0n) is 10.5. The Morgan fingerprint density at radius 3 is 2.78 bits per heavy atom. The molecule has 4 heteroatoms. The first kappa shape index (κ1) is 12.8. The standard InChI is InChI=1S/C14H15ClN2O/c1-10-6-12(9-15)17-14(16-10)8-11-4-3-5-13(7-11)18-2/h3-7H,8-9H2,1-2H3. The predicted molar refractivity (Wildman–Crippen MR) is 72.1 cm³/mol. The van der Waals surface area contributed by atoms with Crippen molar-refractivity contribution in [3.63, 3.8) is 0 Å². The number of methoxy groups -OCH3 is 1. The molecule has 0 amide bonds. The molecule has 1 heterocycles. The van der Waals surface area contributed by atoms with E-state index in [2.05, 4.69) is 9.97 Å². The topological polar surface area (TPSA) is 35.0 Å². The number of rotatable bonds is 4. The van der Waals surface area contributed by atoms with E-state index in [1.54, 1.807) is 7.11 Å². The molecule has 0 saturated heterocycles. The molecule has 1 aromatic carbocycles. The second-order valence-electron chi connectivity index (χ2n) is 4.08. The molecule has 3 nitrogen and oxygen atoms in total. The van der Waals surface area contributed by atoms with Gasteiger partial charge in [0.2, 0.25) is 0 Å². The van der Waals surface area contributed by atoms with E-state index >= 15 is 0 Å². The molecular formula is C14H15ClN2O. The minimum atomic E-state index is 0.411. The number of aryl methyl sites for hydroxylation is 1. The van der Waals surface area contributed by atoms with E-state index in [0.717, 1.165) is 28.5 Å². The fourth-order valence-corrected chi connectivity index (χ4v) is 1.95. The van der Waals surface area contributed by atoms with Crippen molar-refractivity contribution in [2.45, 2.75) is 19.2 Å². The van der Waals surface area contributed by atoms with Crippen molar-refractivity contribution >= 4 is 11.6 Å². The Kier molecular flexibility index (Phi) is 4.15. The van der Waals surface area contributed by atoms with Gasteiger partial charge in [-0.15, -0.1) is 11.6 Å². The second kappa shape index (κ2) is 5.83. The van der Waals surface area contributed by atoms with Crippen molar-refractivity contribution < 1.29 is 4.74 Å². The Morgan fingerprint density at radius 2 is 2.06 bits per heavy atom. The highest BCUT2D eigenvalue weighted by molar-refractivity contribution is 6.16. The second-order valence-corrected chi connectivity index (χ2v) is 4.35. The summed E-state index contributed by atoms with van der Waals surface area (Å²) in [5.74, 6) is 2.05. The van der Waals surface area contributed by atoms with Gasteiger partial charge in [0.05, 0.1) is 18.7 Å². The highest BCUT2D eigenvalue weighted by Gasteiger charge is 2.04. The quantitative estimate of drug-likeness (QED) is 0.794. The molecule has 0 aliphatic heterocycles. The van der Waals surface area contributed by atoms with Crippen LogP contribution in [0.2, 0.25) is 0 Å². The van der Waals surface area contributed by atoms with Gasteiger partial charge in [-0.05, 0) is 30.7 Å². The van der Waals surface area contributed by atoms with Crippen molar-refractivity contribution in [1.29, 1.82) is 0 Å². The fourth-order valence-electron chi connectivity index (χ4n) is 1.81. The number of aromatic nitrogens is 2. The highest BCUT2D eigenvalue weighted by Crippen LogP contribution is 2.15. The lowest BCUT2D eigenvalue weighted by molar-refractivity contribution is 0.414. The van der Waals surface area contributed by atoms with Crippen LogP contribution in [0, 0.1) is 6.92 Å². The lowest BCUT2D eigenvalue weighted by atomic mass is 10.1. The zero-order chi connectivity index (χ0) is 13.0. The molecule has 0 N–H and O–H groups in total. The molecule has 2 rings (SSSR count). The third kappa shape index (κ3) is 3.20. The molecule has 0 aliphatic rings. The van der Waals surface area contributed by atoms with Gasteiger partial charge in [0.1, 0.15) is 11.6 Å². The number of hydrogen-bond donors (Lipinski definition) is 0. The number of hydrogen-bond acceptors (Lipinski definition) is 3. The van der Waals surface area contributed by atoms with Gasteiger partial charge in [0.15, 0.2) is 0 Å². The predicted octanol–water partition coefficient (Wildman–Crippen LogP) is 3.12. The molecule has 18 heavy (non-hydrogen) atoms. The van der Waals surface area contributed by atoms with Crippen LogP contribution < -0.4 is 4.74 Å². The summed E-state index contributed by atoms with van der Waals surface area (Å²) >= 11 is 5.81. The number of nitrogens with zero attached hydrogens (tertiary/aromatic N) is 2. The summed E-state index contributed by atoms with van der Waals surface area (Å²) in [5.41, 5.74) is 2.93. The van der Waals surface area contributed by atoms with Gasteiger partial charge < -0.3 is 4.74 Å². The molecule has 0 saturated carbocycles. The maximum Gasteiger partial charge on any atom is 0.133 e. The van der Waals surface area contributed by atoms with Gasteiger partial charge in [-0.25, -0.2) is 9.97 Å². The smallest absolute Gasteiger partial charge is 0.133 e. The molecule has 0 atom stereocenters. The maximum absolute atomic E-state index is 5.81. The van der Waals surface area contributed by atoms with E-state index in [-0.39, 0.29) is 0 Å². The van der Waals surface area contributed by atoms with Crippen LogP contribution in [0.15, 0.2) is 30.3 Å². The molecule has 0 radical (unpaired) electrons. The molecule has 0 bridgehead atoms. The zero-order valence-corrected chi connectivity index (χ0v) is 11.2. The van der Waals surface area contributed by atoms with Crippen LogP contribution in [-0.2, 0) is 12.3 Å². The maximum atomic E-state index is 5.81. The van der Waals surface area contributed by atoms with Gasteiger partial charge >= 0.3 is 0 Å². The first-order chi connectivity index (χ1) is 8.71. The number of halogens is 1. The number of ether oxygens (including phenoxy) is 1. The molecule has 1 aromatic heterocycles. The summed E-state index contributed by atoms with van der Waals surface area (Å²) in [4.78, 5) is 8.84. The average molecular weight is 263 g/mol. The van der Waals surface area contributed by atoms with E-state index < -0.39 is 0 Å². The van der Waals surface area contributed by atoms with Gasteiger partial charge in [-0.1, -0.05) is 12.1 Å². The van der Waals surface area contributed by atoms with Crippen molar-refractivity contribution in [3.05, 3.63) is 53.1 Å². The Hall–Kier alpha value is -1.61. The first-order valence-corrected chi connectivity index (χ1v) is 6.27. The van der Waals surface area contributed by atoms with Gasteiger partial charge in [0.25, 0.3) is 0 Å². The summed E-state index contributed by atoms with van der Waals surface area (Å²) < 4.78 is 5.20. The number of alkyl halides is 1. The van der Waals surface area contributed by atoms with Crippen LogP contribution in [-0.4, -0.2) is 17.1 Å². The highest BCUT2D eigenvalue weighted by atomic mass is 35.5. The van der Waals surface area contributed by atoms with Crippen LogP contribution in [0.4, 0.5) is 0 Å². The minimum Gasteiger partial charge on any atom is -0.497 e. The minimum absolute atomic E-state index is 0.411.